The molecule has 0 aliphatic heterocycles. The zero-order valence-corrected chi connectivity index (χ0v) is 20.0. The van der Waals surface area contributed by atoms with Gasteiger partial charge >= 0.3 is 0 Å². The number of rotatable bonds is 8. The maximum Gasteiger partial charge on any atom is 0.250 e. The van der Waals surface area contributed by atoms with Crippen LogP contribution in [0.1, 0.15) is 11.1 Å². The number of carbonyl (C=O) groups is 1. The van der Waals surface area contributed by atoms with E-state index in [1.807, 2.05) is 47.8 Å². The highest BCUT2D eigenvalue weighted by atomic mass is 32.2. The summed E-state index contributed by atoms with van der Waals surface area (Å²) in [4.78, 5) is 17.0. The Bertz CT molecular complexity index is 1390. The van der Waals surface area contributed by atoms with E-state index in [2.05, 4.69) is 10.3 Å². The second-order valence-corrected chi connectivity index (χ2v) is 10.3. The molecule has 8 heteroatoms. The van der Waals surface area contributed by atoms with Gasteiger partial charge in [-0.1, -0.05) is 42.5 Å². The molecule has 0 unspecified atom stereocenters. The van der Waals surface area contributed by atoms with Crippen molar-refractivity contribution in [2.24, 2.45) is 0 Å². The summed E-state index contributed by atoms with van der Waals surface area (Å²) < 4.78 is 30.4. The number of ether oxygens (including phenoxy) is 1. The summed E-state index contributed by atoms with van der Waals surface area (Å²) >= 11 is 1.33. The number of nitrogens with zero attached hydrogens (tertiary/aromatic N) is 1. The Labute approximate surface area is 202 Å². The number of benzene rings is 3. The number of sulfone groups is 1. The number of hydrogen-bond donors (Lipinski definition) is 1. The van der Waals surface area contributed by atoms with Gasteiger partial charge in [0.2, 0.25) is 5.91 Å². The van der Waals surface area contributed by atoms with E-state index in [4.69, 9.17) is 4.74 Å². The predicted octanol–water partition coefficient (Wildman–Crippen LogP) is 5.44. The van der Waals surface area contributed by atoms with Crippen LogP contribution in [-0.4, -0.2) is 26.4 Å². The number of hydrogen-bond acceptors (Lipinski definition) is 6. The molecular formula is C26H22N2O4S2. The van der Waals surface area contributed by atoms with Gasteiger partial charge < -0.3 is 4.74 Å². The molecule has 172 valence electrons. The van der Waals surface area contributed by atoms with Gasteiger partial charge in [-0.2, -0.15) is 0 Å². The van der Waals surface area contributed by atoms with Crippen molar-refractivity contribution in [3.05, 3.63) is 101 Å². The number of carbonyl (C=O) groups excluding carboxylic acids is 1. The zero-order chi connectivity index (χ0) is 24.0. The van der Waals surface area contributed by atoms with E-state index in [0.29, 0.717) is 10.7 Å². The summed E-state index contributed by atoms with van der Waals surface area (Å²) in [6.45, 7) is 0. The molecule has 6 nitrogen and oxygen atoms in total. The fourth-order valence-corrected chi connectivity index (χ4v) is 5.28. The summed E-state index contributed by atoms with van der Waals surface area (Å²) in [7, 11) is -1.83. The maximum absolute atomic E-state index is 12.6. The molecule has 1 N–H and O–H groups in total. The van der Waals surface area contributed by atoms with Crippen molar-refractivity contribution < 1.29 is 17.9 Å². The maximum atomic E-state index is 12.6. The van der Waals surface area contributed by atoms with Crippen molar-refractivity contribution in [2.45, 2.75) is 10.6 Å². The first-order chi connectivity index (χ1) is 16.4. The molecule has 3 aromatic carbocycles. The molecule has 0 bridgehead atoms. The van der Waals surface area contributed by atoms with Gasteiger partial charge in [0.25, 0.3) is 0 Å². The van der Waals surface area contributed by atoms with Gasteiger partial charge in [0.15, 0.2) is 15.0 Å². The summed E-state index contributed by atoms with van der Waals surface area (Å²) in [5, 5.41) is 5.11. The molecule has 1 aromatic heterocycles. The summed E-state index contributed by atoms with van der Waals surface area (Å²) in [5.41, 5.74) is 3.14. The van der Waals surface area contributed by atoms with Crippen molar-refractivity contribution in [3.8, 4) is 17.0 Å². The highest BCUT2D eigenvalue weighted by Crippen LogP contribution is 2.26. The highest BCUT2D eigenvalue weighted by Gasteiger charge is 2.15. The van der Waals surface area contributed by atoms with Crippen LogP contribution in [0.3, 0.4) is 0 Å². The van der Waals surface area contributed by atoms with E-state index in [9.17, 15) is 13.2 Å². The number of nitrogens with one attached hydrogen (secondary N) is 1. The Balaban J connectivity index is 1.36. The zero-order valence-electron chi connectivity index (χ0n) is 18.3. The molecule has 4 aromatic rings. The summed E-state index contributed by atoms with van der Waals surface area (Å²) in [5.74, 6) is 0.383. The van der Waals surface area contributed by atoms with Crippen LogP contribution < -0.4 is 10.1 Å². The Morgan fingerprint density at radius 3 is 2.38 bits per heavy atom. The van der Waals surface area contributed by atoms with Gasteiger partial charge in [0.05, 0.1) is 23.5 Å². The van der Waals surface area contributed by atoms with E-state index in [-0.39, 0.29) is 16.6 Å². The van der Waals surface area contributed by atoms with Crippen molar-refractivity contribution in [3.63, 3.8) is 0 Å². The molecule has 1 heterocycles. The number of anilines is 1. The van der Waals surface area contributed by atoms with Crippen molar-refractivity contribution in [1.29, 1.82) is 0 Å². The lowest BCUT2D eigenvalue weighted by Crippen LogP contribution is -2.07. The van der Waals surface area contributed by atoms with E-state index in [1.165, 1.54) is 17.4 Å². The molecule has 0 atom stereocenters. The molecular weight excluding hydrogens is 468 g/mol. The van der Waals surface area contributed by atoms with E-state index >= 15 is 0 Å². The number of methoxy groups -OCH3 is 1. The quantitative estimate of drug-likeness (QED) is 0.332. The predicted molar refractivity (Wildman–Crippen MR) is 136 cm³/mol. The average molecular weight is 491 g/mol. The third-order valence-electron chi connectivity index (χ3n) is 4.99. The lowest BCUT2D eigenvalue weighted by atomic mass is 10.2. The van der Waals surface area contributed by atoms with Gasteiger partial charge in [0, 0.05) is 17.0 Å². The second-order valence-electron chi connectivity index (χ2n) is 7.40. The fourth-order valence-electron chi connectivity index (χ4n) is 3.21. The molecule has 0 saturated carbocycles. The summed E-state index contributed by atoms with van der Waals surface area (Å²) in [6.07, 6.45) is 3.02. The molecule has 0 aliphatic rings. The molecule has 0 fully saturated rings. The minimum Gasteiger partial charge on any atom is -0.497 e. The Hall–Kier alpha value is -3.75. The Kier molecular flexibility index (Phi) is 7.20. The van der Waals surface area contributed by atoms with Crippen LogP contribution in [0.5, 0.6) is 5.75 Å². The molecule has 0 saturated heterocycles. The van der Waals surface area contributed by atoms with Crippen molar-refractivity contribution >= 4 is 38.3 Å². The fraction of sp³-hybridized carbons (Fsp3) is 0.0769. The first-order valence-electron chi connectivity index (χ1n) is 10.4. The number of amides is 1. The largest absolute Gasteiger partial charge is 0.497 e. The van der Waals surface area contributed by atoms with Gasteiger partial charge in [-0.05, 0) is 53.6 Å². The Morgan fingerprint density at radius 2 is 1.71 bits per heavy atom. The monoisotopic (exact) mass is 490 g/mol. The van der Waals surface area contributed by atoms with E-state index in [1.54, 1.807) is 49.6 Å². The minimum atomic E-state index is -3.44. The van der Waals surface area contributed by atoms with Crippen molar-refractivity contribution in [2.75, 3.05) is 12.4 Å². The van der Waals surface area contributed by atoms with Crippen molar-refractivity contribution in [1.82, 2.24) is 4.98 Å². The Morgan fingerprint density at radius 1 is 1.00 bits per heavy atom. The molecule has 0 spiro atoms. The van der Waals surface area contributed by atoms with Crippen LogP contribution in [0.4, 0.5) is 5.13 Å². The van der Waals surface area contributed by atoms with Crippen LogP contribution in [0.15, 0.2) is 95.2 Å². The van der Waals surface area contributed by atoms with Crippen LogP contribution in [0.2, 0.25) is 0 Å². The smallest absolute Gasteiger partial charge is 0.250 e. The normalized spacial score (nSPS) is 11.4. The lowest BCUT2D eigenvalue weighted by molar-refractivity contribution is -0.111. The standard InChI is InChI=1S/C26H22N2O4S2/c1-32-22-12-10-21(11-13-22)24-17-33-26(27-24)28-25(29)16-9-19-7-14-23(15-8-19)34(30,31)18-20-5-3-2-4-6-20/h2-17H,18H2,1H3,(H,27,28,29)/b16-9+. The molecule has 34 heavy (non-hydrogen) atoms. The van der Waals surface area contributed by atoms with Crippen LogP contribution in [-0.2, 0) is 20.4 Å². The average Bonchev–Trinajstić information content (AvgIpc) is 3.32. The third-order valence-corrected chi connectivity index (χ3v) is 7.45. The third kappa shape index (κ3) is 5.98. The molecule has 0 aliphatic carbocycles. The van der Waals surface area contributed by atoms with Gasteiger partial charge in [-0.25, -0.2) is 13.4 Å². The van der Waals surface area contributed by atoms with Crippen LogP contribution in [0.25, 0.3) is 17.3 Å². The van der Waals surface area contributed by atoms with Gasteiger partial charge in [0.1, 0.15) is 5.75 Å². The van der Waals surface area contributed by atoms with E-state index in [0.717, 1.165) is 22.6 Å². The van der Waals surface area contributed by atoms with Gasteiger partial charge in [-0.3, -0.25) is 10.1 Å². The first-order valence-corrected chi connectivity index (χ1v) is 12.9. The minimum absolute atomic E-state index is 0.0578. The SMILES string of the molecule is COc1ccc(-c2csc(NC(=O)/C=C/c3ccc(S(=O)(=O)Cc4ccccc4)cc3)n2)cc1. The second kappa shape index (κ2) is 10.5. The molecule has 4 rings (SSSR count). The first kappa shape index (κ1) is 23.4. The topological polar surface area (TPSA) is 85.4 Å². The lowest BCUT2D eigenvalue weighted by Gasteiger charge is -2.05. The van der Waals surface area contributed by atoms with E-state index < -0.39 is 9.84 Å². The van der Waals surface area contributed by atoms with Crippen LogP contribution in [0, 0.1) is 0 Å². The van der Waals surface area contributed by atoms with Gasteiger partial charge in [-0.15, -0.1) is 11.3 Å². The summed E-state index contributed by atoms with van der Waals surface area (Å²) in [6, 6.07) is 23.0. The van der Waals surface area contributed by atoms with Crippen LogP contribution >= 0.6 is 11.3 Å². The number of aromatic nitrogens is 1. The molecule has 1 amide bonds. The highest BCUT2D eigenvalue weighted by molar-refractivity contribution is 7.90. The number of thiazole rings is 1. The molecule has 0 radical (unpaired) electrons.